The molecule has 0 atom stereocenters. The Balaban J connectivity index is 1.95. The topological polar surface area (TPSA) is 71.1 Å². The Bertz CT molecular complexity index is 496. The highest BCUT2D eigenvalue weighted by Gasteiger charge is 2.16. The van der Waals surface area contributed by atoms with Crippen LogP contribution in [0.3, 0.4) is 0 Å². The number of hydrogen-bond donors (Lipinski definition) is 2. The zero-order chi connectivity index (χ0) is 15.2. The molecule has 21 heavy (non-hydrogen) atoms. The van der Waals surface area contributed by atoms with Crippen LogP contribution in [0.5, 0.6) is 0 Å². The highest BCUT2D eigenvalue weighted by atomic mass is 16.5. The lowest BCUT2D eigenvalue weighted by molar-refractivity contribution is 0.0549. The number of aryl methyl sites for hydroxylation is 1. The molecule has 3 N–H and O–H groups in total. The molecule has 1 aliphatic heterocycles. The van der Waals surface area contributed by atoms with Gasteiger partial charge in [-0.3, -0.25) is 0 Å². The first-order valence-electron chi connectivity index (χ1n) is 7.44. The van der Waals surface area contributed by atoms with Crippen LogP contribution in [0.25, 0.3) is 0 Å². The molecule has 1 fully saturated rings. The minimum Gasteiger partial charge on any atom is -0.409 e. The standard InChI is InChI=1S/C16H25N3O2/c1-12-9-14(16(17)18-20)3-4-15(12)11-19(2)10-13-5-7-21-8-6-13/h3-4,9,13,20H,5-8,10-11H2,1-2H3,(H2,17,18). The first-order valence-corrected chi connectivity index (χ1v) is 7.44. The molecule has 0 radical (unpaired) electrons. The van der Waals surface area contributed by atoms with Crippen molar-refractivity contribution in [3.8, 4) is 0 Å². The number of ether oxygens (including phenoxy) is 1. The summed E-state index contributed by atoms with van der Waals surface area (Å²) < 4.78 is 5.40. The molecular formula is C16H25N3O2. The summed E-state index contributed by atoms with van der Waals surface area (Å²) in [5.74, 6) is 0.890. The highest BCUT2D eigenvalue weighted by Crippen LogP contribution is 2.18. The van der Waals surface area contributed by atoms with E-state index in [-0.39, 0.29) is 5.84 Å². The fourth-order valence-electron chi connectivity index (χ4n) is 2.82. The molecule has 0 aliphatic carbocycles. The van der Waals surface area contributed by atoms with Crippen LogP contribution in [-0.2, 0) is 11.3 Å². The maximum absolute atomic E-state index is 8.72. The Morgan fingerprint density at radius 2 is 2.14 bits per heavy atom. The average Bonchev–Trinajstić information content (AvgIpc) is 2.49. The maximum Gasteiger partial charge on any atom is 0.170 e. The van der Waals surface area contributed by atoms with Crippen LogP contribution in [0.1, 0.15) is 29.5 Å². The van der Waals surface area contributed by atoms with E-state index in [0.717, 1.165) is 56.2 Å². The fourth-order valence-corrected chi connectivity index (χ4v) is 2.82. The highest BCUT2D eigenvalue weighted by molar-refractivity contribution is 5.97. The second-order valence-electron chi connectivity index (χ2n) is 5.88. The average molecular weight is 291 g/mol. The summed E-state index contributed by atoms with van der Waals surface area (Å²) in [5.41, 5.74) is 8.81. The maximum atomic E-state index is 8.72. The molecule has 0 saturated carbocycles. The molecule has 1 aromatic rings. The van der Waals surface area contributed by atoms with Crippen molar-refractivity contribution in [1.29, 1.82) is 0 Å². The summed E-state index contributed by atoms with van der Waals surface area (Å²) in [6.07, 6.45) is 2.32. The molecular weight excluding hydrogens is 266 g/mol. The Morgan fingerprint density at radius 1 is 1.43 bits per heavy atom. The van der Waals surface area contributed by atoms with E-state index in [1.807, 2.05) is 12.1 Å². The number of amidine groups is 1. The number of hydrogen-bond acceptors (Lipinski definition) is 4. The van der Waals surface area contributed by atoms with Crippen LogP contribution in [0.2, 0.25) is 0 Å². The van der Waals surface area contributed by atoms with Crippen LogP contribution in [0, 0.1) is 12.8 Å². The van der Waals surface area contributed by atoms with Crippen molar-refractivity contribution >= 4 is 5.84 Å². The lowest BCUT2D eigenvalue weighted by atomic mass is 9.99. The molecule has 5 nitrogen and oxygen atoms in total. The first kappa shape index (κ1) is 15.8. The number of nitrogens with two attached hydrogens (primary N) is 1. The number of oxime groups is 1. The third-order valence-corrected chi connectivity index (χ3v) is 4.10. The Morgan fingerprint density at radius 3 is 2.76 bits per heavy atom. The van der Waals surface area contributed by atoms with Crippen LogP contribution < -0.4 is 5.73 Å². The molecule has 1 heterocycles. The zero-order valence-corrected chi connectivity index (χ0v) is 12.9. The van der Waals surface area contributed by atoms with Crippen LogP contribution in [0.15, 0.2) is 23.4 Å². The van der Waals surface area contributed by atoms with E-state index >= 15 is 0 Å². The van der Waals surface area contributed by atoms with E-state index < -0.39 is 0 Å². The van der Waals surface area contributed by atoms with Gasteiger partial charge in [0.25, 0.3) is 0 Å². The zero-order valence-electron chi connectivity index (χ0n) is 12.9. The van der Waals surface area contributed by atoms with Crippen LogP contribution in [0.4, 0.5) is 0 Å². The third-order valence-electron chi connectivity index (χ3n) is 4.10. The number of rotatable bonds is 5. The van der Waals surface area contributed by atoms with Gasteiger partial charge in [0.1, 0.15) is 0 Å². The van der Waals surface area contributed by atoms with Crippen molar-refractivity contribution in [3.63, 3.8) is 0 Å². The fraction of sp³-hybridized carbons (Fsp3) is 0.562. The van der Waals surface area contributed by atoms with Crippen molar-refractivity contribution in [2.24, 2.45) is 16.8 Å². The quantitative estimate of drug-likeness (QED) is 0.376. The van der Waals surface area contributed by atoms with E-state index in [1.54, 1.807) is 0 Å². The minimum atomic E-state index is 0.153. The summed E-state index contributed by atoms with van der Waals surface area (Å²) in [6, 6.07) is 5.93. The molecule has 2 rings (SSSR count). The van der Waals surface area contributed by atoms with Crippen molar-refractivity contribution in [1.82, 2.24) is 4.90 Å². The SMILES string of the molecule is Cc1cc(/C(N)=N/O)ccc1CN(C)CC1CCOCC1. The molecule has 1 aromatic carbocycles. The van der Waals surface area contributed by atoms with E-state index in [2.05, 4.69) is 30.1 Å². The number of nitrogens with zero attached hydrogens (tertiary/aromatic N) is 2. The Labute approximate surface area is 126 Å². The molecule has 5 heteroatoms. The predicted molar refractivity (Wildman–Crippen MR) is 83.6 cm³/mol. The Kier molecular flexibility index (Phi) is 5.59. The molecule has 116 valence electrons. The number of benzene rings is 1. The van der Waals surface area contributed by atoms with Gasteiger partial charge in [-0.2, -0.15) is 0 Å². The van der Waals surface area contributed by atoms with Gasteiger partial charge in [-0.1, -0.05) is 17.3 Å². The van der Waals surface area contributed by atoms with Gasteiger partial charge >= 0.3 is 0 Å². The van der Waals surface area contributed by atoms with Crippen LogP contribution >= 0.6 is 0 Å². The lowest BCUT2D eigenvalue weighted by Gasteiger charge is -2.27. The van der Waals surface area contributed by atoms with Crippen LogP contribution in [-0.4, -0.2) is 42.7 Å². The van der Waals surface area contributed by atoms with E-state index in [1.165, 1.54) is 5.56 Å². The monoisotopic (exact) mass is 291 g/mol. The second kappa shape index (κ2) is 7.43. The smallest absolute Gasteiger partial charge is 0.170 e. The van der Waals surface area contributed by atoms with Crippen molar-refractivity contribution < 1.29 is 9.94 Å². The normalized spacial score (nSPS) is 17.4. The van der Waals surface area contributed by atoms with E-state index in [0.29, 0.717) is 0 Å². The molecule has 0 spiro atoms. The molecule has 0 bridgehead atoms. The third kappa shape index (κ3) is 4.44. The molecule has 0 unspecified atom stereocenters. The van der Waals surface area contributed by atoms with Gasteiger partial charge in [0, 0.05) is 31.9 Å². The lowest BCUT2D eigenvalue weighted by Crippen LogP contribution is -2.29. The van der Waals surface area contributed by atoms with E-state index in [9.17, 15) is 0 Å². The summed E-state index contributed by atoms with van der Waals surface area (Å²) >= 11 is 0. The van der Waals surface area contributed by atoms with Gasteiger partial charge in [0.2, 0.25) is 0 Å². The van der Waals surface area contributed by atoms with Crippen molar-refractivity contribution in [2.45, 2.75) is 26.3 Å². The largest absolute Gasteiger partial charge is 0.409 e. The van der Waals surface area contributed by atoms with Gasteiger partial charge in [0.05, 0.1) is 0 Å². The van der Waals surface area contributed by atoms with Crippen molar-refractivity contribution in [3.05, 3.63) is 34.9 Å². The Hall–Kier alpha value is -1.59. The first-order chi connectivity index (χ1) is 10.1. The van der Waals surface area contributed by atoms with Gasteiger partial charge in [0.15, 0.2) is 5.84 Å². The summed E-state index contributed by atoms with van der Waals surface area (Å²) in [5, 5.41) is 11.8. The summed E-state index contributed by atoms with van der Waals surface area (Å²) in [4.78, 5) is 2.36. The van der Waals surface area contributed by atoms with Gasteiger partial charge in [-0.05, 0) is 49.9 Å². The van der Waals surface area contributed by atoms with E-state index in [4.69, 9.17) is 15.7 Å². The second-order valence-corrected chi connectivity index (χ2v) is 5.88. The molecule has 1 saturated heterocycles. The van der Waals surface area contributed by atoms with Crippen molar-refractivity contribution in [2.75, 3.05) is 26.8 Å². The van der Waals surface area contributed by atoms with Gasteiger partial charge in [-0.15, -0.1) is 0 Å². The van der Waals surface area contributed by atoms with Gasteiger partial charge in [-0.25, -0.2) is 0 Å². The molecule has 0 aromatic heterocycles. The predicted octanol–water partition coefficient (Wildman–Crippen LogP) is 1.95. The minimum absolute atomic E-state index is 0.153. The molecule has 0 amide bonds. The van der Waals surface area contributed by atoms with Gasteiger partial charge < -0.3 is 20.6 Å². The summed E-state index contributed by atoms with van der Waals surface area (Å²) in [6.45, 7) is 5.87. The summed E-state index contributed by atoms with van der Waals surface area (Å²) in [7, 11) is 2.16. The molecule has 1 aliphatic rings.